The lowest BCUT2D eigenvalue weighted by Crippen LogP contribution is -2.55. The second-order valence-corrected chi connectivity index (χ2v) is 9.58. The summed E-state index contributed by atoms with van der Waals surface area (Å²) in [5.41, 5.74) is 3.37. The van der Waals surface area contributed by atoms with Gasteiger partial charge in [0.15, 0.2) is 0 Å². The summed E-state index contributed by atoms with van der Waals surface area (Å²) >= 11 is 0. The zero-order valence-electron chi connectivity index (χ0n) is 19.9. The molecule has 0 radical (unpaired) electrons. The summed E-state index contributed by atoms with van der Waals surface area (Å²) in [6.07, 6.45) is 4.40. The summed E-state index contributed by atoms with van der Waals surface area (Å²) in [5, 5.41) is 7.81. The molecule has 1 atom stereocenters. The van der Waals surface area contributed by atoms with E-state index in [0.29, 0.717) is 13.1 Å². The van der Waals surface area contributed by atoms with Crippen LogP contribution in [0.5, 0.6) is 5.75 Å². The van der Waals surface area contributed by atoms with E-state index in [0.717, 1.165) is 55.2 Å². The number of aryl methyl sites for hydroxylation is 2. The minimum atomic E-state index is 0.000411. The highest BCUT2D eigenvalue weighted by atomic mass is 16.5. The molecule has 1 spiro atoms. The predicted octanol–water partition coefficient (Wildman–Crippen LogP) is 3.71. The molecular formula is C25H37N5O2. The molecule has 7 nitrogen and oxygen atoms in total. The highest BCUT2D eigenvalue weighted by molar-refractivity contribution is 5.74. The third-order valence-electron chi connectivity index (χ3n) is 6.94. The number of likely N-dealkylation sites (tertiary alicyclic amines) is 1. The van der Waals surface area contributed by atoms with Crippen molar-refractivity contribution in [1.29, 1.82) is 0 Å². The molecule has 1 aromatic heterocycles. The Morgan fingerprint density at radius 1 is 1.28 bits per heavy atom. The van der Waals surface area contributed by atoms with Gasteiger partial charge in [-0.05, 0) is 70.0 Å². The van der Waals surface area contributed by atoms with E-state index in [1.54, 1.807) is 0 Å². The van der Waals surface area contributed by atoms with Gasteiger partial charge >= 0.3 is 6.03 Å². The maximum absolute atomic E-state index is 13.5. The third-order valence-corrected chi connectivity index (χ3v) is 6.94. The topological polar surface area (TPSA) is 62.6 Å². The minimum absolute atomic E-state index is 0.000411. The van der Waals surface area contributed by atoms with Crippen LogP contribution in [-0.2, 0) is 20.1 Å². The molecule has 1 saturated heterocycles. The van der Waals surface area contributed by atoms with E-state index in [-0.39, 0.29) is 17.5 Å². The van der Waals surface area contributed by atoms with Crippen LogP contribution in [0.15, 0.2) is 30.3 Å². The fourth-order valence-corrected chi connectivity index (χ4v) is 4.92. The van der Waals surface area contributed by atoms with Gasteiger partial charge in [-0.15, -0.1) is 0 Å². The summed E-state index contributed by atoms with van der Waals surface area (Å²) < 4.78 is 7.55. The number of amides is 2. The molecule has 2 aliphatic rings. The zero-order valence-corrected chi connectivity index (χ0v) is 19.9. The van der Waals surface area contributed by atoms with Crippen LogP contribution in [0.2, 0.25) is 0 Å². The average Bonchev–Trinajstić information content (AvgIpc) is 3.46. The standard InChI is InChI=1S/C25H37N5O2/c1-5-14-32-22-8-6-20(7-9-22)16-26-24(31)30(17-21-15-19(2)29(4)27-21)23-10-13-28(3)18-25(23)11-12-25/h6-9,15,23H,5,10-14,16-18H2,1-4H3,(H,26,31)/t23-/m0/s1. The second kappa shape index (κ2) is 9.53. The molecule has 1 aliphatic heterocycles. The van der Waals surface area contributed by atoms with Crippen LogP contribution in [0.1, 0.15) is 49.6 Å². The van der Waals surface area contributed by atoms with Gasteiger partial charge in [0.25, 0.3) is 0 Å². The van der Waals surface area contributed by atoms with Crippen molar-refractivity contribution in [2.45, 2.75) is 58.7 Å². The molecule has 2 fully saturated rings. The molecule has 2 aromatic rings. The highest BCUT2D eigenvalue weighted by Gasteiger charge is 2.54. The van der Waals surface area contributed by atoms with Gasteiger partial charge in [-0.25, -0.2) is 4.79 Å². The fourth-order valence-electron chi connectivity index (χ4n) is 4.92. The van der Waals surface area contributed by atoms with E-state index in [2.05, 4.69) is 40.3 Å². The lowest BCUT2D eigenvalue weighted by atomic mass is 9.87. The van der Waals surface area contributed by atoms with Crippen LogP contribution in [0, 0.1) is 12.3 Å². The van der Waals surface area contributed by atoms with Crippen LogP contribution < -0.4 is 10.1 Å². The van der Waals surface area contributed by atoms with Gasteiger partial charge in [0.2, 0.25) is 0 Å². The van der Waals surface area contributed by atoms with Crippen molar-refractivity contribution in [3.8, 4) is 5.75 Å². The number of urea groups is 1. The fraction of sp³-hybridized carbons (Fsp3) is 0.600. The van der Waals surface area contributed by atoms with E-state index in [1.165, 1.54) is 12.8 Å². The summed E-state index contributed by atoms with van der Waals surface area (Å²) in [7, 11) is 4.14. The maximum Gasteiger partial charge on any atom is 0.318 e. The molecule has 7 heteroatoms. The van der Waals surface area contributed by atoms with Crippen LogP contribution >= 0.6 is 0 Å². The van der Waals surface area contributed by atoms with Crippen LogP contribution in [0.4, 0.5) is 4.79 Å². The number of carbonyl (C=O) groups excluding carboxylic acids is 1. The predicted molar refractivity (Wildman–Crippen MR) is 126 cm³/mol. The van der Waals surface area contributed by atoms with Gasteiger partial charge in [0, 0.05) is 37.3 Å². The van der Waals surface area contributed by atoms with E-state index < -0.39 is 0 Å². The number of benzene rings is 1. The normalized spacial score (nSPS) is 19.7. The monoisotopic (exact) mass is 439 g/mol. The number of hydrogen-bond donors (Lipinski definition) is 1. The molecule has 1 saturated carbocycles. The van der Waals surface area contributed by atoms with Gasteiger partial charge in [-0.1, -0.05) is 19.1 Å². The van der Waals surface area contributed by atoms with Crippen molar-refractivity contribution in [3.05, 3.63) is 47.3 Å². The number of rotatable bonds is 8. The largest absolute Gasteiger partial charge is 0.494 e. The number of ether oxygens (including phenoxy) is 1. The number of aromatic nitrogens is 2. The van der Waals surface area contributed by atoms with Gasteiger partial charge < -0.3 is 19.9 Å². The molecule has 1 aromatic carbocycles. The molecule has 1 N–H and O–H groups in total. The molecule has 174 valence electrons. The number of hydrogen-bond acceptors (Lipinski definition) is 4. The molecule has 32 heavy (non-hydrogen) atoms. The van der Waals surface area contributed by atoms with Crippen molar-refractivity contribution in [2.75, 3.05) is 26.7 Å². The van der Waals surface area contributed by atoms with Gasteiger partial charge in [-0.2, -0.15) is 5.10 Å². The third kappa shape index (κ3) is 5.09. The molecule has 2 heterocycles. The minimum Gasteiger partial charge on any atom is -0.494 e. The average molecular weight is 440 g/mol. The zero-order chi connectivity index (χ0) is 22.7. The van der Waals surface area contributed by atoms with Crippen molar-refractivity contribution in [1.82, 2.24) is 24.9 Å². The van der Waals surface area contributed by atoms with Crippen molar-refractivity contribution >= 4 is 6.03 Å². The van der Waals surface area contributed by atoms with E-state index >= 15 is 0 Å². The maximum atomic E-state index is 13.5. The van der Waals surface area contributed by atoms with Crippen molar-refractivity contribution in [2.24, 2.45) is 12.5 Å². The SMILES string of the molecule is CCCOc1ccc(CNC(=O)N(Cc2cc(C)n(C)n2)[C@H]2CCN(C)CC23CC3)cc1. The first kappa shape index (κ1) is 22.6. The molecule has 0 bridgehead atoms. The van der Waals surface area contributed by atoms with Crippen molar-refractivity contribution < 1.29 is 9.53 Å². The summed E-state index contributed by atoms with van der Waals surface area (Å²) in [4.78, 5) is 17.9. The number of carbonyl (C=O) groups is 1. The summed E-state index contributed by atoms with van der Waals surface area (Å²) in [5.74, 6) is 0.871. The number of nitrogens with one attached hydrogen (secondary N) is 1. The number of piperidine rings is 1. The lowest BCUT2D eigenvalue weighted by molar-refractivity contribution is 0.0669. The summed E-state index contributed by atoms with van der Waals surface area (Å²) in [6, 6.07) is 10.3. The quantitative estimate of drug-likeness (QED) is 0.681. The molecule has 4 rings (SSSR count). The molecule has 2 amide bonds. The first-order valence-corrected chi connectivity index (χ1v) is 11.8. The van der Waals surface area contributed by atoms with E-state index in [1.807, 2.05) is 42.9 Å². The number of nitrogens with zero attached hydrogens (tertiary/aromatic N) is 4. The van der Waals surface area contributed by atoms with Crippen LogP contribution in [-0.4, -0.2) is 58.4 Å². The second-order valence-electron chi connectivity index (χ2n) is 9.58. The van der Waals surface area contributed by atoms with Crippen LogP contribution in [0.25, 0.3) is 0 Å². The van der Waals surface area contributed by atoms with E-state index in [9.17, 15) is 4.79 Å². The van der Waals surface area contributed by atoms with Crippen LogP contribution in [0.3, 0.4) is 0 Å². The Labute approximate surface area is 191 Å². The molecule has 1 aliphatic carbocycles. The Hall–Kier alpha value is -2.54. The Balaban J connectivity index is 1.46. The first-order chi connectivity index (χ1) is 15.4. The Morgan fingerprint density at radius 3 is 2.66 bits per heavy atom. The van der Waals surface area contributed by atoms with Crippen molar-refractivity contribution in [3.63, 3.8) is 0 Å². The summed E-state index contributed by atoms with van der Waals surface area (Å²) in [6.45, 7) is 8.01. The van der Waals surface area contributed by atoms with Gasteiger partial charge in [0.05, 0.1) is 18.8 Å². The Bertz CT molecular complexity index is 899. The Kier molecular flexibility index (Phi) is 6.74. The molecular weight excluding hydrogens is 402 g/mol. The van der Waals surface area contributed by atoms with E-state index in [4.69, 9.17) is 4.74 Å². The smallest absolute Gasteiger partial charge is 0.318 e. The Morgan fingerprint density at radius 2 is 2.03 bits per heavy atom. The highest BCUT2D eigenvalue weighted by Crippen LogP contribution is 2.54. The molecule has 0 unspecified atom stereocenters. The lowest BCUT2D eigenvalue weighted by Gasteiger charge is -2.43. The first-order valence-electron chi connectivity index (χ1n) is 11.8. The van der Waals surface area contributed by atoms with Gasteiger partial charge in [-0.3, -0.25) is 4.68 Å². The van der Waals surface area contributed by atoms with Gasteiger partial charge in [0.1, 0.15) is 5.75 Å².